The van der Waals surface area contributed by atoms with E-state index in [0.29, 0.717) is 4.47 Å². The summed E-state index contributed by atoms with van der Waals surface area (Å²) in [5.74, 6) is -0.471. The summed E-state index contributed by atoms with van der Waals surface area (Å²) < 4.78 is 0.570. The maximum absolute atomic E-state index is 11.7. The van der Waals surface area contributed by atoms with Crippen molar-refractivity contribution in [1.29, 1.82) is 0 Å². The van der Waals surface area contributed by atoms with Gasteiger partial charge in [0.1, 0.15) is 11.4 Å². The Labute approximate surface area is 114 Å². The van der Waals surface area contributed by atoms with Gasteiger partial charge in [0.15, 0.2) is 0 Å². The third kappa shape index (κ3) is 2.71. The molecule has 18 heavy (non-hydrogen) atoms. The van der Waals surface area contributed by atoms with Crippen molar-refractivity contribution in [3.05, 3.63) is 49.4 Å². The molecular weight excluding hydrogens is 322 g/mol. The van der Waals surface area contributed by atoms with E-state index < -0.39 is 10.8 Å². The zero-order valence-electron chi connectivity index (χ0n) is 8.79. The molecule has 0 unspecified atom stereocenters. The molecule has 0 saturated carbocycles. The molecule has 0 aliphatic heterocycles. The van der Waals surface area contributed by atoms with Crippen LogP contribution in [0.2, 0.25) is 0 Å². The van der Waals surface area contributed by atoms with Crippen LogP contribution >= 0.6 is 27.3 Å². The molecule has 1 amide bonds. The Kier molecular flexibility index (Phi) is 3.68. The number of nitro groups is 1. The van der Waals surface area contributed by atoms with E-state index in [0.717, 1.165) is 0 Å². The summed E-state index contributed by atoms with van der Waals surface area (Å²) in [6, 6.07) is 4.41. The quantitative estimate of drug-likeness (QED) is 0.693. The van der Waals surface area contributed by atoms with Crippen molar-refractivity contribution in [3.8, 4) is 0 Å². The fraction of sp³-hybridized carbons (Fsp3) is 0. The SMILES string of the molecule is O=C(Nc1ccc(Br)cc1[N+](=O)[O-])c1cscn1. The zero-order valence-corrected chi connectivity index (χ0v) is 11.2. The highest BCUT2D eigenvalue weighted by Crippen LogP contribution is 2.28. The molecule has 2 aromatic rings. The molecule has 2 rings (SSSR count). The molecule has 1 aromatic heterocycles. The number of aromatic nitrogens is 1. The van der Waals surface area contributed by atoms with E-state index in [1.165, 1.54) is 29.0 Å². The van der Waals surface area contributed by atoms with Gasteiger partial charge in [0.05, 0.1) is 10.4 Å². The first-order chi connectivity index (χ1) is 8.58. The van der Waals surface area contributed by atoms with Crippen LogP contribution in [-0.2, 0) is 0 Å². The number of hydrogen-bond donors (Lipinski definition) is 1. The van der Waals surface area contributed by atoms with E-state index >= 15 is 0 Å². The minimum atomic E-state index is -0.554. The molecule has 0 aliphatic carbocycles. The van der Waals surface area contributed by atoms with Gasteiger partial charge in [0.25, 0.3) is 11.6 Å². The number of benzene rings is 1. The lowest BCUT2D eigenvalue weighted by Gasteiger charge is -2.04. The Balaban J connectivity index is 2.29. The van der Waals surface area contributed by atoms with Crippen molar-refractivity contribution >= 4 is 44.5 Å². The van der Waals surface area contributed by atoms with E-state index in [1.54, 1.807) is 11.4 Å². The molecule has 6 nitrogen and oxygen atoms in total. The van der Waals surface area contributed by atoms with E-state index in [4.69, 9.17) is 0 Å². The number of nitrogens with zero attached hydrogens (tertiary/aromatic N) is 2. The van der Waals surface area contributed by atoms with Crippen LogP contribution in [0, 0.1) is 10.1 Å². The zero-order chi connectivity index (χ0) is 13.1. The van der Waals surface area contributed by atoms with Crippen molar-refractivity contribution in [2.24, 2.45) is 0 Å². The Bertz CT molecular complexity index is 600. The van der Waals surface area contributed by atoms with Gasteiger partial charge in [-0.2, -0.15) is 0 Å². The predicted octanol–water partition coefficient (Wildman–Crippen LogP) is 3.07. The van der Waals surface area contributed by atoms with Crippen molar-refractivity contribution in [2.45, 2.75) is 0 Å². The minimum absolute atomic E-state index is 0.140. The maximum atomic E-state index is 11.7. The highest BCUT2D eigenvalue weighted by Gasteiger charge is 2.17. The second-order valence-electron chi connectivity index (χ2n) is 3.25. The number of halogens is 1. The molecule has 0 atom stereocenters. The highest BCUT2D eigenvalue weighted by molar-refractivity contribution is 9.10. The third-order valence-electron chi connectivity index (χ3n) is 2.07. The lowest BCUT2D eigenvalue weighted by atomic mass is 10.2. The number of carbonyl (C=O) groups excluding carboxylic acids is 1. The van der Waals surface area contributed by atoms with E-state index in [2.05, 4.69) is 26.2 Å². The summed E-state index contributed by atoms with van der Waals surface area (Å²) in [7, 11) is 0. The maximum Gasteiger partial charge on any atom is 0.293 e. The van der Waals surface area contributed by atoms with Crippen molar-refractivity contribution in [2.75, 3.05) is 5.32 Å². The second kappa shape index (κ2) is 5.23. The van der Waals surface area contributed by atoms with Gasteiger partial charge in [-0.1, -0.05) is 15.9 Å². The van der Waals surface area contributed by atoms with Crippen LogP contribution < -0.4 is 5.32 Å². The molecule has 92 valence electrons. The van der Waals surface area contributed by atoms with Gasteiger partial charge in [0, 0.05) is 15.9 Å². The van der Waals surface area contributed by atoms with Crippen LogP contribution in [0.1, 0.15) is 10.5 Å². The first-order valence-corrected chi connectivity index (χ1v) is 6.45. The number of rotatable bonds is 3. The van der Waals surface area contributed by atoms with E-state index in [1.807, 2.05) is 0 Å². The smallest absolute Gasteiger partial charge is 0.293 e. The molecule has 1 aromatic carbocycles. The summed E-state index contributed by atoms with van der Waals surface area (Å²) in [5.41, 5.74) is 1.72. The molecule has 0 spiro atoms. The molecule has 0 saturated heterocycles. The topological polar surface area (TPSA) is 85.1 Å². The van der Waals surface area contributed by atoms with E-state index in [-0.39, 0.29) is 17.1 Å². The van der Waals surface area contributed by atoms with Gasteiger partial charge in [-0.05, 0) is 12.1 Å². The monoisotopic (exact) mass is 327 g/mol. The number of carbonyl (C=O) groups is 1. The number of amides is 1. The first-order valence-electron chi connectivity index (χ1n) is 4.71. The lowest BCUT2D eigenvalue weighted by molar-refractivity contribution is -0.384. The summed E-state index contributed by atoms with van der Waals surface area (Å²) >= 11 is 4.42. The number of nitro benzene ring substituents is 1. The minimum Gasteiger partial charge on any atom is -0.315 e. The normalized spacial score (nSPS) is 10.1. The van der Waals surface area contributed by atoms with Gasteiger partial charge in [-0.15, -0.1) is 11.3 Å². The van der Waals surface area contributed by atoms with Crippen molar-refractivity contribution in [1.82, 2.24) is 4.98 Å². The largest absolute Gasteiger partial charge is 0.315 e. The summed E-state index contributed by atoms with van der Waals surface area (Å²) in [6.45, 7) is 0. The second-order valence-corrected chi connectivity index (χ2v) is 4.88. The standard InChI is InChI=1S/C10H6BrN3O3S/c11-6-1-2-7(9(3-6)14(16)17)13-10(15)8-4-18-5-12-8/h1-5H,(H,13,15). The molecule has 1 heterocycles. The predicted molar refractivity (Wildman–Crippen MR) is 70.9 cm³/mol. The van der Waals surface area contributed by atoms with Crippen molar-refractivity contribution < 1.29 is 9.72 Å². The number of thiazole rings is 1. The first kappa shape index (κ1) is 12.7. The average Bonchev–Trinajstić information content (AvgIpc) is 2.84. The van der Waals surface area contributed by atoms with Crippen LogP contribution in [0.15, 0.2) is 33.6 Å². The van der Waals surface area contributed by atoms with Crippen LogP contribution in [0.25, 0.3) is 0 Å². The molecular formula is C10H6BrN3O3S. The Hall–Kier alpha value is -1.80. The van der Waals surface area contributed by atoms with Crippen LogP contribution in [-0.4, -0.2) is 15.8 Å². The van der Waals surface area contributed by atoms with Crippen LogP contribution in [0.4, 0.5) is 11.4 Å². The molecule has 1 N–H and O–H groups in total. The Morgan fingerprint density at radius 1 is 1.50 bits per heavy atom. The van der Waals surface area contributed by atoms with Crippen LogP contribution in [0.3, 0.4) is 0 Å². The van der Waals surface area contributed by atoms with E-state index in [9.17, 15) is 14.9 Å². The molecule has 0 bridgehead atoms. The number of nitrogens with one attached hydrogen (secondary N) is 1. The number of anilines is 1. The van der Waals surface area contributed by atoms with Gasteiger partial charge in [-0.3, -0.25) is 14.9 Å². The molecule has 8 heteroatoms. The number of hydrogen-bond acceptors (Lipinski definition) is 5. The Morgan fingerprint density at radius 3 is 2.89 bits per heavy atom. The molecule has 0 fully saturated rings. The summed E-state index contributed by atoms with van der Waals surface area (Å²) in [4.78, 5) is 25.9. The summed E-state index contributed by atoms with van der Waals surface area (Å²) in [6.07, 6.45) is 0. The fourth-order valence-corrected chi connectivity index (χ4v) is 2.15. The molecule has 0 radical (unpaired) electrons. The fourth-order valence-electron chi connectivity index (χ4n) is 1.27. The highest BCUT2D eigenvalue weighted by atomic mass is 79.9. The van der Waals surface area contributed by atoms with Gasteiger partial charge in [0.2, 0.25) is 0 Å². The third-order valence-corrected chi connectivity index (χ3v) is 3.15. The van der Waals surface area contributed by atoms with Crippen molar-refractivity contribution in [3.63, 3.8) is 0 Å². The van der Waals surface area contributed by atoms with Gasteiger partial charge in [-0.25, -0.2) is 4.98 Å². The summed E-state index contributed by atoms with van der Waals surface area (Å²) in [5, 5.41) is 14.9. The van der Waals surface area contributed by atoms with Gasteiger partial charge >= 0.3 is 0 Å². The lowest BCUT2D eigenvalue weighted by Crippen LogP contribution is -2.13. The van der Waals surface area contributed by atoms with Crippen LogP contribution in [0.5, 0.6) is 0 Å². The molecule has 0 aliphatic rings. The van der Waals surface area contributed by atoms with Gasteiger partial charge < -0.3 is 5.32 Å². The average molecular weight is 328 g/mol. The Morgan fingerprint density at radius 2 is 2.28 bits per heavy atom.